The molecule has 0 bridgehead atoms. The summed E-state index contributed by atoms with van der Waals surface area (Å²) < 4.78 is 3.45. The first-order valence-electron chi connectivity index (χ1n) is 9.83. The Morgan fingerprint density at radius 3 is 2.41 bits per heavy atom. The quantitative estimate of drug-likeness (QED) is 0.474. The molecular weight excluding hydrogens is 444 g/mol. The van der Waals surface area contributed by atoms with Gasteiger partial charge in [-0.3, -0.25) is 4.98 Å². The lowest BCUT2D eigenvalue weighted by Gasteiger charge is -2.28. The van der Waals surface area contributed by atoms with Gasteiger partial charge in [-0.05, 0) is 87.9 Å². The van der Waals surface area contributed by atoms with Gasteiger partial charge < -0.3 is 14.8 Å². The zero-order valence-electron chi connectivity index (χ0n) is 17.1. The van der Waals surface area contributed by atoms with Crippen molar-refractivity contribution in [2.45, 2.75) is 45.8 Å². The van der Waals surface area contributed by atoms with Crippen LogP contribution in [0.5, 0.6) is 0 Å². The van der Waals surface area contributed by atoms with Crippen molar-refractivity contribution in [2.75, 3.05) is 4.90 Å². The van der Waals surface area contributed by atoms with Gasteiger partial charge in [0.2, 0.25) is 0 Å². The molecule has 0 aliphatic carbocycles. The maximum absolute atomic E-state index is 5.81. The van der Waals surface area contributed by atoms with Crippen LogP contribution in [-0.4, -0.2) is 14.7 Å². The van der Waals surface area contributed by atoms with Crippen LogP contribution < -0.4 is 10.2 Å². The van der Waals surface area contributed by atoms with Crippen LogP contribution in [0.15, 0.2) is 59.2 Å². The van der Waals surface area contributed by atoms with E-state index in [2.05, 4.69) is 99.8 Å². The van der Waals surface area contributed by atoms with Crippen LogP contribution in [0.25, 0.3) is 0 Å². The zero-order chi connectivity index (χ0) is 20.7. The first kappa shape index (κ1) is 20.1. The van der Waals surface area contributed by atoms with Crippen LogP contribution in [0.3, 0.4) is 0 Å². The lowest BCUT2D eigenvalue weighted by Crippen LogP contribution is -2.29. The second-order valence-electron chi connectivity index (χ2n) is 7.76. The normalized spacial score (nSPS) is 19.1. The van der Waals surface area contributed by atoms with Crippen molar-refractivity contribution in [1.82, 2.24) is 14.9 Å². The molecule has 1 saturated heterocycles. The Morgan fingerprint density at radius 2 is 1.83 bits per heavy atom. The Morgan fingerprint density at radius 1 is 1.10 bits per heavy atom. The number of aryl methyl sites for hydroxylation is 1. The van der Waals surface area contributed by atoms with E-state index >= 15 is 0 Å². The number of halogens is 1. The maximum Gasteiger partial charge on any atom is 0.174 e. The zero-order valence-corrected chi connectivity index (χ0v) is 19.5. The van der Waals surface area contributed by atoms with E-state index in [9.17, 15) is 0 Å². The van der Waals surface area contributed by atoms with Gasteiger partial charge in [-0.15, -0.1) is 0 Å². The first-order chi connectivity index (χ1) is 13.9. The molecule has 0 spiro atoms. The Labute approximate surface area is 186 Å². The van der Waals surface area contributed by atoms with Crippen molar-refractivity contribution in [3.8, 4) is 0 Å². The number of benzene rings is 1. The number of anilines is 1. The number of thiocarbonyl (C=S) groups is 1. The Balaban J connectivity index is 1.88. The molecule has 3 aromatic rings. The van der Waals surface area contributed by atoms with Gasteiger partial charge in [-0.25, -0.2) is 0 Å². The first-order valence-corrected chi connectivity index (χ1v) is 11.0. The summed E-state index contributed by atoms with van der Waals surface area (Å²) in [5.74, 6) is 0. The fraction of sp³-hybridized carbons (Fsp3) is 0.304. The summed E-state index contributed by atoms with van der Waals surface area (Å²) >= 11 is 9.35. The summed E-state index contributed by atoms with van der Waals surface area (Å²) in [6.07, 6.45) is 1.84. The SMILES string of the molecule is Cc1cc(C2C(c3ccccn3)NC(=S)N2c2ccc(Br)cc2)c(C)n1C(C)C. The van der Waals surface area contributed by atoms with E-state index in [-0.39, 0.29) is 12.1 Å². The molecule has 2 aromatic heterocycles. The molecule has 150 valence electrons. The molecule has 29 heavy (non-hydrogen) atoms. The monoisotopic (exact) mass is 468 g/mol. The van der Waals surface area contributed by atoms with Crippen molar-refractivity contribution in [3.05, 3.63) is 81.8 Å². The minimum absolute atomic E-state index is 0.0199. The third kappa shape index (κ3) is 3.60. The Kier molecular flexibility index (Phi) is 5.49. The summed E-state index contributed by atoms with van der Waals surface area (Å²) in [4.78, 5) is 6.87. The number of hydrogen-bond acceptors (Lipinski definition) is 2. The lowest BCUT2D eigenvalue weighted by atomic mass is 9.96. The second-order valence-corrected chi connectivity index (χ2v) is 9.07. The van der Waals surface area contributed by atoms with Crippen molar-refractivity contribution in [1.29, 1.82) is 0 Å². The standard InChI is InChI=1S/C23H25BrN4S/c1-14(2)27-15(3)13-19(16(27)4)22-21(20-7-5-6-12-25-20)26-23(29)28(22)18-10-8-17(24)9-11-18/h5-14,21-22H,1-4H3,(H,26,29). The number of hydrogen-bond donors (Lipinski definition) is 1. The van der Waals surface area contributed by atoms with E-state index in [1.165, 1.54) is 17.0 Å². The lowest BCUT2D eigenvalue weighted by molar-refractivity contribution is 0.547. The largest absolute Gasteiger partial charge is 0.351 e. The van der Waals surface area contributed by atoms with E-state index in [4.69, 9.17) is 12.2 Å². The molecule has 1 aliphatic rings. The Bertz CT molecular complexity index is 1030. The predicted octanol–water partition coefficient (Wildman–Crippen LogP) is 6.02. The van der Waals surface area contributed by atoms with E-state index in [0.29, 0.717) is 6.04 Å². The van der Waals surface area contributed by atoms with Gasteiger partial charge in [0.15, 0.2) is 5.11 Å². The fourth-order valence-electron chi connectivity index (χ4n) is 4.45. The number of pyridine rings is 1. The molecule has 0 radical (unpaired) electrons. The predicted molar refractivity (Wildman–Crippen MR) is 126 cm³/mol. The molecule has 1 aliphatic heterocycles. The van der Waals surface area contributed by atoms with Crippen LogP contribution in [0.2, 0.25) is 0 Å². The molecule has 2 atom stereocenters. The number of nitrogens with one attached hydrogen (secondary N) is 1. The van der Waals surface area contributed by atoms with Crippen molar-refractivity contribution < 1.29 is 0 Å². The van der Waals surface area contributed by atoms with Gasteiger partial charge in [0.1, 0.15) is 0 Å². The molecule has 0 saturated carbocycles. The van der Waals surface area contributed by atoms with Crippen molar-refractivity contribution in [3.63, 3.8) is 0 Å². The summed E-state index contributed by atoms with van der Waals surface area (Å²) in [6, 6.07) is 17.1. The molecule has 3 heterocycles. The van der Waals surface area contributed by atoms with E-state index in [1.54, 1.807) is 0 Å². The molecule has 1 aromatic carbocycles. The minimum Gasteiger partial charge on any atom is -0.351 e. The maximum atomic E-state index is 5.81. The number of aromatic nitrogens is 2. The highest BCUT2D eigenvalue weighted by atomic mass is 79.9. The fourth-order valence-corrected chi connectivity index (χ4v) is 5.06. The average Bonchev–Trinajstić information content (AvgIpc) is 3.19. The summed E-state index contributed by atoms with van der Waals surface area (Å²) in [7, 11) is 0. The molecule has 1 N–H and O–H groups in total. The van der Waals surface area contributed by atoms with Crippen molar-refractivity contribution in [2.24, 2.45) is 0 Å². The highest BCUT2D eigenvalue weighted by molar-refractivity contribution is 9.10. The van der Waals surface area contributed by atoms with E-state index in [0.717, 1.165) is 21.0 Å². The van der Waals surface area contributed by atoms with Gasteiger partial charge in [-0.1, -0.05) is 22.0 Å². The Hall–Kier alpha value is -2.18. The van der Waals surface area contributed by atoms with E-state index in [1.807, 2.05) is 18.3 Å². The van der Waals surface area contributed by atoms with E-state index < -0.39 is 0 Å². The topological polar surface area (TPSA) is 33.1 Å². The highest BCUT2D eigenvalue weighted by Gasteiger charge is 2.42. The molecule has 0 amide bonds. The number of rotatable bonds is 4. The number of nitrogens with zero attached hydrogens (tertiary/aromatic N) is 3. The molecule has 4 nitrogen and oxygen atoms in total. The van der Waals surface area contributed by atoms with Gasteiger partial charge in [-0.2, -0.15) is 0 Å². The highest BCUT2D eigenvalue weighted by Crippen LogP contribution is 2.43. The van der Waals surface area contributed by atoms with Crippen LogP contribution >= 0.6 is 28.1 Å². The van der Waals surface area contributed by atoms with Crippen LogP contribution in [-0.2, 0) is 0 Å². The third-order valence-corrected chi connectivity index (χ3v) is 6.40. The summed E-state index contributed by atoms with van der Waals surface area (Å²) in [6.45, 7) is 8.84. The van der Waals surface area contributed by atoms with Crippen LogP contribution in [0.1, 0.15) is 54.6 Å². The van der Waals surface area contributed by atoms with Gasteiger partial charge in [0.05, 0.1) is 17.8 Å². The summed E-state index contributed by atoms with van der Waals surface area (Å²) in [5, 5.41) is 4.27. The van der Waals surface area contributed by atoms with Crippen LogP contribution in [0, 0.1) is 13.8 Å². The average molecular weight is 469 g/mol. The van der Waals surface area contributed by atoms with Crippen LogP contribution in [0.4, 0.5) is 5.69 Å². The molecule has 2 unspecified atom stereocenters. The second kappa shape index (κ2) is 7.92. The minimum atomic E-state index is -0.0199. The smallest absolute Gasteiger partial charge is 0.174 e. The van der Waals surface area contributed by atoms with Crippen molar-refractivity contribution >= 4 is 38.9 Å². The molecular formula is C23H25BrN4S. The molecule has 4 rings (SSSR count). The summed E-state index contributed by atoms with van der Waals surface area (Å²) in [5.41, 5.74) is 5.89. The van der Waals surface area contributed by atoms with Gasteiger partial charge >= 0.3 is 0 Å². The molecule has 1 fully saturated rings. The third-order valence-electron chi connectivity index (χ3n) is 5.56. The van der Waals surface area contributed by atoms with Gasteiger partial charge in [0, 0.05) is 33.8 Å². The van der Waals surface area contributed by atoms with Gasteiger partial charge in [0.25, 0.3) is 0 Å². The molecule has 6 heteroatoms.